The van der Waals surface area contributed by atoms with Crippen molar-refractivity contribution in [3.63, 3.8) is 0 Å². The van der Waals surface area contributed by atoms with Crippen molar-refractivity contribution in [1.82, 2.24) is 15.0 Å². The normalized spacial score (nSPS) is 13.2. The summed E-state index contributed by atoms with van der Waals surface area (Å²) >= 11 is 0. The van der Waals surface area contributed by atoms with E-state index in [1.807, 2.05) is 54.6 Å². The molecule has 0 N–H and O–H groups in total. The number of fused-ring (bicyclic) bond motifs is 9. The predicted octanol–water partition coefficient (Wildman–Crippen LogP) is 12.6. The second kappa shape index (κ2) is 11.1. The minimum absolute atomic E-state index is 0.0845. The van der Waals surface area contributed by atoms with E-state index in [-0.39, 0.29) is 5.41 Å². The van der Waals surface area contributed by atoms with Crippen LogP contribution in [0.2, 0.25) is 0 Å². The van der Waals surface area contributed by atoms with Crippen molar-refractivity contribution < 1.29 is 8.83 Å². The summed E-state index contributed by atoms with van der Waals surface area (Å²) in [5.41, 5.74) is 13.4. The van der Waals surface area contributed by atoms with Crippen molar-refractivity contribution in [3.8, 4) is 56.4 Å². The Hall–Kier alpha value is -6.85. The Labute approximate surface area is 305 Å². The van der Waals surface area contributed by atoms with E-state index in [1.165, 1.54) is 22.3 Å². The highest BCUT2D eigenvalue weighted by atomic mass is 16.3. The molecule has 1 aliphatic carbocycles. The lowest BCUT2D eigenvalue weighted by molar-refractivity contribution is 0.660. The summed E-state index contributed by atoms with van der Waals surface area (Å²) in [5, 5.41) is 4.18. The summed E-state index contributed by atoms with van der Waals surface area (Å²) in [6, 6.07) is 52.6. The fraction of sp³-hybridized carbons (Fsp3) is 0.0625. The van der Waals surface area contributed by atoms with Crippen molar-refractivity contribution in [2.45, 2.75) is 19.3 Å². The zero-order valence-corrected chi connectivity index (χ0v) is 29.1. The van der Waals surface area contributed by atoms with Gasteiger partial charge in [-0.25, -0.2) is 15.0 Å². The van der Waals surface area contributed by atoms with E-state index in [9.17, 15) is 0 Å². The molecule has 10 aromatic rings. The topological polar surface area (TPSA) is 65.0 Å². The number of furan rings is 2. The van der Waals surface area contributed by atoms with Gasteiger partial charge in [0.1, 0.15) is 22.3 Å². The minimum atomic E-state index is -0.0845. The van der Waals surface area contributed by atoms with Crippen molar-refractivity contribution in [1.29, 1.82) is 0 Å². The quantitative estimate of drug-likeness (QED) is 0.185. The molecule has 3 heterocycles. The van der Waals surface area contributed by atoms with Gasteiger partial charge >= 0.3 is 0 Å². The standard InChI is InChI=1S/C48H31N3O2/c1-48(2)38-16-8-6-13-32(38)35-27-31(19-22-39(35)48)46-49-45(28-11-4-3-5-12-28)50-47(51-46)34-15-10-18-43-44(34)37-26-30(21-24-42(37)53-43)29-20-23-41-36(25-29)33-14-7-9-17-40(33)52-41/h3-27H,1-2H3. The summed E-state index contributed by atoms with van der Waals surface area (Å²) in [6.07, 6.45) is 0. The third-order valence-electron chi connectivity index (χ3n) is 11.0. The van der Waals surface area contributed by atoms with E-state index < -0.39 is 0 Å². The molecule has 0 atom stereocenters. The molecule has 250 valence electrons. The van der Waals surface area contributed by atoms with Gasteiger partial charge in [0.05, 0.1) is 0 Å². The fourth-order valence-electron chi connectivity index (χ4n) is 8.30. The Morgan fingerprint density at radius 1 is 0.377 bits per heavy atom. The van der Waals surface area contributed by atoms with Crippen molar-refractivity contribution in [2.75, 3.05) is 0 Å². The van der Waals surface area contributed by atoms with Crippen molar-refractivity contribution in [2.24, 2.45) is 0 Å². The van der Waals surface area contributed by atoms with Gasteiger partial charge in [-0.1, -0.05) is 123 Å². The summed E-state index contributed by atoms with van der Waals surface area (Å²) in [4.78, 5) is 15.4. The monoisotopic (exact) mass is 681 g/mol. The van der Waals surface area contributed by atoms with Gasteiger partial charge in [0.25, 0.3) is 0 Å². The number of rotatable bonds is 4. The molecule has 0 spiro atoms. The Morgan fingerprint density at radius 3 is 1.81 bits per heavy atom. The zero-order valence-electron chi connectivity index (χ0n) is 29.1. The van der Waals surface area contributed by atoms with E-state index >= 15 is 0 Å². The van der Waals surface area contributed by atoms with Crippen LogP contribution < -0.4 is 0 Å². The third kappa shape index (κ3) is 4.54. The highest BCUT2D eigenvalue weighted by molar-refractivity contribution is 6.13. The molecule has 0 unspecified atom stereocenters. The highest BCUT2D eigenvalue weighted by Gasteiger charge is 2.35. The molecule has 0 saturated carbocycles. The van der Waals surface area contributed by atoms with Crippen LogP contribution in [-0.2, 0) is 5.41 Å². The second-order valence-electron chi connectivity index (χ2n) is 14.4. The minimum Gasteiger partial charge on any atom is -0.456 e. The number of para-hydroxylation sites is 1. The van der Waals surface area contributed by atoms with Crippen LogP contribution in [-0.4, -0.2) is 15.0 Å². The van der Waals surface area contributed by atoms with Crippen LogP contribution >= 0.6 is 0 Å². The van der Waals surface area contributed by atoms with Gasteiger partial charge in [0.15, 0.2) is 17.5 Å². The van der Waals surface area contributed by atoms with Gasteiger partial charge in [-0.2, -0.15) is 0 Å². The molecule has 0 aliphatic heterocycles. The van der Waals surface area contributed by atoms with E-state index in [1.54, 1.807) is 0 Å². The van der Waals surface area contributed by atoms with Crippen LogP contribution in [0.25, 0.3) is 100 Å². The highest BCUT2D eigenvalue weighted by Crippen LogP contribution is 2.49. The number of aromatic nitrogens is 3. The molecular formula is C48H31N3O2. The van der Waals surface area contributed by atoms with Gasteiger partial charge in [-0.3, -0.25) is 0 Å². The van der Waals surface area contributed by atoms with Crippen LogP contribution in [0.1, 0.15) is 25.0 Å². The van der Waals surface area contributed by atoms with Crippen LogP contribution in [0, 0.1) is 0 Å². The van der Waals surface area contributed by atoms with Gasteiger partial charge in [-0.15, -0.1) is 0 Å². The molecule has 5 nitrogen and oxygen atoms in total. The van der Waals surface area contributed by atoms with Crippen LogP contribution in [0.5, 0.6) is 0 Å². The first-order valence-corrected chi connectivity index (χ1v) is 17.9. The smallest absolute Gasteiger partial charge is 0.164 e. The van der Waals surface area contributed by atoms with Crippen molar-refractivity contribution in [3.05, 3.63) is 163 Å². The first-order valence-electron chi connectivity index (χ1n) is 17.9. The molecule has 0 bridgehead atoms. The molecule has 11 rings (SSSR count). The Bertz CT molecular complexity index is 3100. The van der Waals surface area contributed by atoms with Gasteiger partial charge in [-0.05, 0) is 75.8 Å². The second-order valence-corrected chi connectivity index (χ2v) is 14.4. The fourth-order valence-corrected chi connectivity index (χ4v) is 8.30. The van der Waals surface area contributed by atoms with Crippen LogP contribution in [0.3, 0.4) is 0 Å². The lowest BCUT2D eigenvalue weighted by Gasteiger charge is -2.21. The Kier molecular flexibility index (Phi) is 6.23. The summed E-state index contributed by atoms with van der Waals surface area (Å²) < 4.78 is 12.6. The van der Waals surface area contributed by atoms with Gasteiger partial charge in [0.2, 0.25) is 0 Å². The van der Waals surface area contributed by atoms with E-state index in [0.29, 0.717) is 17.5 Å². The van der Waals surface area contributed by atoms with E-state index in [0.717, 1.165) is 71.7 Å². The maximum Gasteiger partial charge on any atom is 0.164 e. The average molecular weight is 682 g/mol. The molecule has 53 heavy (non-hydrogen) atoms. The zero-order chi connectivity index (χ0) is 35.3. The SMILES string of the molecule is CC1(C)c2ccccc2-c2cc(-c3nc(-c4ccccc4)nc(-c4cccc5oc6ccc(-c7ccc8oc9ccccc9c8c7)cc6c45)n3)ccc21. The summed E-state index contributed by atoms with van der Waals surface area (Å²) in [6.45, 7) is 4.59. The van der Waals surface area contributed by atoms with E-state index in [4.69, 9.17) is 23.8 Å². The largest absolute Gasteiger partial charge is 0.456 e. The number of benzene rings is 7. The molecule has 1 aliphatic rings. The number of nitrogens with zero attached hydrogens (tertiary/aromatic N) is 3. The molecule has 5 heteroatoms. The number of hydrogen-bond donors (Lipinski definition) is 0. The average Bonchev–Trinajstić information content (AvgIpc) is 3.85. The first-order chi connectivity index (χ1) is 26.0. The lowest BCUT2D eigenvalue weighted by Crippen LogP contribution is -2.14. The lowest BCUT2D eigenvalue weighted by atomic mass is 9.82. The Balaban J connectivity index is 1.10. The summed E-state index contributed by atoms with van der Waals surface area (Å²) in [7, 11) is 0. The Morgan fingerprint density at radius 2 is 0.962 bits per heavy atom. The van der Waals surface area contributed by atoms with Gasteiger partial charge < -0.3 is 8.83 Å². The summed E-state index contributed by atoms with van der Waals surface area (Å²) in [5.74, 6) is 1.85. The maximum atomic E-state index is 6.47. The molecule has 7 aromatic carbocycles. The van der Waals surface area contributed by atoms with Gasteiger partial charge in [0, 0.05) is 43.7 Å². The molecule has 0 saturated heterocycles. The van der Waals surface area contributed by atoms with Crippen LogP contribution in [0.4, 0.5) is 0 Å². The molecule has 0 radical (unpaired) electrons. The van der Waals surface area contributed by atoms with Crippen LogP contribution in [0.15, 0.2) is 160 Å². The van der Waals surface area contributed by atoms with E-state index in [2.05, 4.69) is 111 Å². The molecular weight excluding hydrogens is 651 g/mol. The molecule has 3 aromatic heterocycles. The predicted molar refractivity (Wildman–Crippen MR) is 214 cm³/mol. The maximum absolute atomic E-state index is 6.47. The molecule has 0 amide bonds. The molecule has 0 fully saturated rings. The third-order valence-corrected chi connectivity index (χ3v) is 11.0. The number of hydrogen-bond acceptors (Lipinski definition) is 5. The first kappa shape index (κ1) is 29.8. The van der Waals surface area contributed by atoms with Crippen molar-refractivity contribution >= 4 is 43.9 Å².